The molecule has 0 radical (unpaired) electrons. The number of allylic oxidation sites excluding steroid dienone is 1. The van der Waals surface area contributed by atoms with E-state index in [0.717, 1.165) is 38.9 Å². The van der Waals surface area contributed by atoms with Crippen LogP contribution in [0.2, 0.25) is 0 Å². The smallest absolute Gasteiger partial charge is 0.311 e. The maximum Gasteiger partial charge on any atom is 0.311 e. The minimum absolute atomic E-state index is 0.0363. The first-order valence-corrected chi connectivity index (χ1v) is 9.32. The van der Waals surface area contributed by atoms with Crippen LogP contribution >= 0.6 is 0 Å². The fraction of sp³-hybridized carbons (Fsp3) is 0.842. The largest absolute Gasteiger partial charge is 0.461 e. The number of aliphatic hydroxyl groups excluding tert-OH is 1. The Morgan fingerprint density at radius 2 is 2.13 bits per heavy atom. The zero-order chi connectivity index (χ0) is 16.2. The number of hydrogen-bond donors (Lipinski definition) is 1. The first-order chi connectivity index (χ1) is 11.0. The van der Waals surface area contributed by atoms with Crippen molar-refractivity contribution < 1.29 is 14.6 Å². The summed E-state index contributed by atoms with van der Waals surface area (Å²) in [5.41, 5.74) is 1.14. The third kappa shape index (κ3) is 2.29. The minimum atomic E-state index is -0.471. The quantitative estimate of drug-likeness (QED) is 0.627. The molecule has 3 fully saturated rings. The molecule has 0 aromatic carbocycles. The van der Waals surface area contributed by atoms with E-state index < -0.39 is 6.10 Å². The molecule has 4 nitrogen and oxygen atoms in total. The highest BCUT2D eigenvalue weighted by Crippen LogP contribution is 2.56. The Morgan fingerprint density at radius 3 is 2.87 bits per heavy atom. The van der Waals surface area contributed by atoms with Gasteiger partial charge in [-0.2, -0.15) is 0 Å². The van der Waals surface area contributed by atoms with Crippen molar-refractivity contribution in [1.82, 2.24) is 4.90 Å². The molecular formula is C19H29NO3. The van der Waals surface area contributed by atoms with Crippen molar-refractivity contribution in [3.05, 3.63) is 11.6 Å². The highest BCUT2D eigenvalue weighted by molar-refractivity contribution is 5.76. The predicted octanol–water partition coefficient (Wildman–Crippen LogP) is 2.37. The highest BCUT2D eigenvalue weighted by Gasteiger charge is 2.59. The average molecular weight is 319 g/mol. The molecule has 0 spiro atoms. The van der Waals surface area contributed by atoms with Crippen LogP contribution in [0, 0.1) is 23.2 Å². The van der Waals surface area contributed by atoms with Gasteiger partial charge in [-0.15, -0.1) is 0 Å². The van der Waals surface area contributed by atoms with Crippen LogP contribution in [0.1, 0.15) is 46.0 Å². The number of ether oxygens (including phenoxy) is 1. The van der Waals surface area contributed by atoms with Gasteiger partial charge in [-0.1, -0.05) is 25.5 Å². The zero-order valence-corrected chi connectivity index (χ0v) is 14.3. The maximum absolute atomic E-state index is 12.5. The number of carbonyl (C=O) groups is 1. The molecule has 23 heavy (non-hydrogen) atoms. The third-order valence-electron chi connectivity index (χ3n) is 7.22. The Hall–Kier alpha value is -0.870. The summed E-state index contributed by atoms with van der Waals surface area (Å²) in [5.74, 6) is 0.189. The molecule has 1 N–H and O–H groups in total. The fourth-order valence-electron chi connectivity index (χ4n) is 5.52. The van der Waals surface area contributed by atoms with Gasteiger partial charge in [0.05, 0.1) is 12.0 Å². The number of esters is 1. The summed E-state index contributed by atoms with van der Waals surface area (Å²) in [6.07, 6.45) is 7.18. The Morgan fingerprint density at radius 1 is 1.39 bits per heavy atom. The number of likely N-dealkylation sites (tertiary alicyclic amines) is 1. The van der Waals surface area contributed by atoms with Crippen LogP contribution < -0.4 is 0 Å². The van der Waals surface area contributed by atoms with Gasteiger partial charge in [-0.25, -0.2) is 0 Å². The summed E-state index contributed by atoms with van der Waals surface area (Å²) in [6.45, 7) is 7.38. The van der Waals surface area contributed by atoms with Crippen LogP contribution in [-0.2, 0) is 9.53 Å². The van der Waals surface area contributed by atoms with Gasteiger partial charge < -0.3 is 14.7 Å². The van der Waals surface area contributed by atoms with Crippen molar-refractivity contribution in [1.29, 1.82) is 0 Å². The van der Waals surface area contributed by atoms with Gasteiger partial charge in [0.25, 0.3) is 0 Å². The van der Waals surface area contributed by atoms with Gasteiger partial charge in [0.1, 0.15) is 6.10 Å². The van der Waals surface area contributed by atoms with E-state index in [1.54, 1.807) is 0 Å². The molecule has 0 unspecified atom stereocenters. The summed E-state index contributed by atoms with van der Waals surface area (Å²) in [6, 6.07) is 0. The molecule has 2 aliphatic heterocycles. The van der Waals surface area contributed by atoms with Crippen molar-refractivity contribution in [2.24, 2.45) is 23.2 Å². The van der Waals surface area contributed by atoms with E-state index in [-0.39, 0.29) is 29.3 Å². The number of nitrogens with zero attached hydrogens (tertiary/aromatic N) is 1. The summed E-state index contributed by atoms with van der Waals surface area (Å²) >= 11 is 0. The Balaban J connectivity index is 1.62. The van der Waals surface area contributed by atoms with Crippen LogP contribution in [0.25, 0.3) is 0 Å². The molecule has 0 aromatic heterocycles. The summed E-state index contributed by atoms with van der Waals surface area (Å²) in [4.78, 5) is 14.9. The molecule has 1 saturated carbocycles. The van der Waals surface area contributed by atoms with Gasteiger partial charge in [0, 0.05) is 24.3 Å². The number of aliphatic hydroxyl groups is 1. The first-order valence-electron chi connectivity index (χ1n) is 9.32. The van der Waals surface area contributed by atoms with Crippen LogP contribution in [0.4, 0.5) is 0 Å². The van der Waals surface area contributed by atoms with E-state index in [1.807, 2.05) is 0 Å². The van der Waals surface area contributed by atoms with Gasteiger partial charge in [-0.3, -0.25) is 4.79 Å². The molecular weight excluding hydrogens is 290 g/mol. The second-order valence-corrected chi connectivity index (χ2v) is 8.31. The normalized spacial score (nSPS) is 47.0. The Bertz CT molecular complexity index is 525. The molecule has 128 valence electrons. The van der Waals surface area contributed by atoms with Crippen molar-refractivity contribution in [3.8, 4) is 0 Å². The molecule has 4 heteroatoms. The summed E-state index contributed by atoms with van der Waals surface area (Å²) in [7, 11) is 0. The van der Waals surface area contributed by atoms with Gasteiger partial charge in [-0.05, 0) is 44.7 Å². The second-order valence-electron chi connectivity index (χ2n) is 8.31. The van der Waals surface area contributed by atoms with Crippen molar-refractivity contribution in [2.75, 3.05) is 19.6 Å². The molecule has 0 bridgehead atoms. The lowest BCUT2D eigenvalue weighted by Gasteiger charge is -2.51. The van der Waals surface area contributed by atoms with Crippen molar-refractivity contribution in [3.63, 3.8) is 0 Å². The molecule has 0 amide bonds. The lowest BCUT2D eigenvalue weighted by Crippen LogP contribution is -2.54. The van der Waals surface area contributed by atoms with E-state index in [2.05, 4.69) is 24.8 Å². The summed E-state index contributed by atoms with van der Waals surface area (Å²) < 4.78 is 5.72. The molecule has 6 atom stereocenters. The number of hydrogen-bond acceptors (Lipinski definition) is 4. The topological polar surface area (TPSA) is 49.8 Å². The maximum atomic E-state index is 12.5. The molecule has 4 aliphatic rings. The van der Waals surface area contributed by atoms with E-state index >= 15 is 0 Å². The fourth-order valence-corrected chi connectivity index (χ4v) is 5.52. The monoisotopic (exact) mass is 319 g/mol. The molecule has 2 aliphatic carbocycles. The molecule has 0 aromatic rings. The lowest BCUT2D eigenvalue weighted by atomic mass is 9.55. The van der Waals surface area contributed by atoms with Crippen LogP contribution in [-0.4, -0.2) is 47.8 Å². The SMILES string of the molecule is C[C@H]1CCC=C2C[C@H]3OC(=O)[C@@H](CN4CCCC4)[C@H]3[C@@H](O)[C@@]21C. The number of rotatable bonds is 2. The third-order valence-corrected chi connectivity index (χ3v) is 7.22. The predicted molar refractivity (Wildman–Crippen MR) is 87.7 cm³/mol. The second kappa shape index (κ2) is 5.59. The first kappa shape index (κ1) is 15.6. The molecule has 4 rings (SSSR count). The Kier molecular flexibility index (Phi) is 3.80. The van der Waals surface area contributed by atoms with Crippen molar-refractivity contribution in [2.45, 2.75) is 58.2 Å². The number of carbonyl (C=O) groups excluding carboxylic acids is 1. The Labute approximate surface area is 138 Å². The number of fused-ring (bicyclic) bond motifs is 2. The average Bonchev–Trinajstić information content (AvgIpc) is 3.12. The van der Waals surface area contributed by atoms with E-state index in [0.29, 0.717) is 5.92 Å². The van der Waals surface area contributed by atoms with E-state index in [1.165, 1.54) is 18.4 Å². The zero-order valence-electron chi connectivity index (χ0n) is 14.3. The van der Waals surface area contributed by atoms with Crippen LogP contribution in [0.15, 0.2) is 11.6 Å². The molecule has 2 heterocycles. The van der Waals surface area contributed by atoms with Crippen LogP contribution in [0.5, 0.6) is 0 Å². The van der Waals surface area contributed by atoms with Gasteiger partial charge in [0.15, 0.2) is 0 Å². The lowest BCUT2D eigenvalue weighted by molar-refractivity contribution is -0.145. The molecule has 2 saturated heterocycles. The van der Waals surface area contributed by atoms with E-state index in [4.69, 9.17) is 4.74 Å². The van der Waals surface area contributed by atoms with Crippen LogP contribution in [0.3, 0.4) is 0 Å². The standard InChI is InChI=1S/C19H29NO3/c1-12-6-5-7-13-10-15-16(17(21)19(12,13)2)14(18(22)23-15)11-20-8-3-4-9-20/h7,12,14-17,21H,3-6,8-11H2,1-2H3/t12-,14-,15+,16+,17+,19+/m0/s1. The van der Waals surface area contributed by atoms with E-state index in [9.17, 15) is 9.90 Å². The minimum Gasteiger partial charge on any atom is -0.461 e. The highest BCUT2D eigenvalue weighted by atomic mass is 16.6. The summed E-state index contributed by atoms with van der Waals surface area (Å²) in [5, 5.41) is 11.3. The van der Waals surface area contributed by atoms with Gasteiger partial charge in [0.2, 0.25) is 0 Å². The van der Waals surface area contributed by atoms with Crippen molar-refractivity contribution >= 4 is 5.97 Å². The van der Waals surface area contributed by atoms with Gasteiger partial charge >= 0.3 is 5.97 Å².